The van der Waals surface area contributed by atoms with E-state index in [1.54, 1.807) is 37.1 Å². The molecule has 1 amide bonds. The van der Waals surface area contributed by atoms with Gasteiger partial charge in [-0.25, -0.2) is 0 Å². The van der Waals surface area contributed by atoms with Gasteiger partial charge in [0, 0.05) is 6.54 Å². The number of benzene rings is 1. The molecule has 0 radical (unpaired) electrons. The van der Waals surface area contributed by atoms with E-state index in [0.717, 1.165) is 51.7 Å². The van der Waals surface area contributed by atoms with Gasteiger partial charge < -0.3 is 24.1 Å². The van der Waals surface area contributed by atoms with E-state index in [9.17, 15) is 14.7 Å². The van der Waals surface area contributed by atoms with Crippen molar-refractivity contribution in [3.05, 3.63) is 64.8 Å². The Hall–Kier alpha value is -3.06. The highest BCUT2D eigenvalue weighted by molar-refractivity contribution is 6.15. The largest absolute Gasteiger partial charge is 0.503 e. The molecule has 0 fully saturated rings. The molecule has 3 rings (SSSR count). The summed E-state index contributed by atoms with van der Waals surface area (Å²) in [5, 5.41) is 10.8. The molecule has 0 aliphatic carbocycles. The van der Waals surface area contributed by atoms with Crippen LogP contribution in [0.3, 0.4) is 0 Å². The van der Waals surface area contributed by atoms with E-state index in [1.807, 2.05) is 18.2 Å². The predicted molar refractivity (Wildman–Crippen MR) is 136 cm³/mol. The average Bonchev–Trinajstić information content (AvgIpc) is 3.41. The third-order valence-corrected chi connectivity index (χ3v) is 6.45. The number of ether oxygens (including phenoxy) is 1. The van der Waals surface area contributed by atoms with Crippen LogP contribution in [-0.4, -0.2) is 59.9 Å². The Morgan fingerprint density at radius 2 is 1.77 bits per heavy atom. The van der Waals surface area contributed by atoms with E-state index in [-0.39, 0.29) is 11.3 Å². The van der Waals surface area contributed by atoms with Gasteiger partial charge in [-0.15, -0.1) is 0 Å². The highest BCUT2D eigenvalue weighted by Gasteiger charge is 2.44. The Bertz CT molecular complexity index is 1030. The SMILES string of the molecule is CCCCN(CCCC)CCCN1C(=O)C(O)=C(C(=O)c2ccc(C)o2)[C@@H]1c1cccc(OC)c1. The maximum absolute atomic E-state index is 13.4. The van der Waals surface area contributed by atoms with Gasteiger partial charge in [-0.1, -0.05) is 38.8 Å². The number of unbranched alkanes of at least 4 members (excludes halogenated alkanes) is 2. The van der Waals surface area contributed by atoms with Crippen LogP contribution in [0, 0.1) is 6.92 Å². The van der Waals surface area contributed by atoms with Crippen molar-refractivity contribution in [2.45, 2.75) is 58.9 Å². The second kappa shape index (κ2) is 12.6. The minimum atomic E-state index is -0.713. The molecular weight excluding hydrogens is 444 g/mol. The summed E-state index contributed by atoms with van der Waals surface area (Å²) in [5.41, 5.74) is 0.758. The summed E-state index contributed by atoms with van der Waals surface area (Å²) in [6.45, 7) is 9.48. The lowest BCUT2D eigenvalue weighted by molar-refractivity contribution is -0.129. The number of carbonyl (C=O) groups excluding carboxylic acids is 2. The molecule has 1 aromatic carbocycles. The van der Waals surface area contributed by atoms with E-state index in [2.05, 4.69) is 18.7 Å². The van der Waals surface area contributed by atoms with Crippen LogP contribution in [0.1, 0.15) is 73.9 Å². The Balaban J connectivity index is 1.87. The van der Waals surface area contributed by atoms with Gasteiger partial charge in [0.15, 0.2) is 11.5 Å². The molecular formula is C28H38N2O5. The van der Waals surface area contributed by atoms with Gasteiger partial charge in [0.1, 0.15) is 11.5 Å². The van der Waals surface area contributed by atoms with Gasteiger partial charge in [0.25, 0.3) is 5.91 Å². The molecule has 2 aromatic rings. The maximum Gasteiger partial charge on any atom is 0.290 e. The summed E-state index contributed by atoms with van der Waals surface area (Å²) < 4.78 is 10.9. The zero-order valence-corrected chi connectivity index (χ0v) is 21.4. The highest BCUT2D eigenvalue weighted by atomic mass is 16.5. The molecule has 1 aromatic heterocycles. The molecule has 1 atom stereocenters. The topological polar surface area (TPSA) is 83.2 Å². The van der Waals surface area contributed by atoms with Crippen LogP contribution < -0.4 is 4.74 Å². The summed E-state index contributed by atoms with van der Waals surface area (Å²) in [4.78, 5) is 30.6. The van der Waals surface area contributed by atoms with Crippen molar-refractivity contribution in [2.24, 2.45) is 0 Å². The molecule has 7 nitrogen and oxygen atoms in total. The number of Topliss-reactive ketones (excluding diaryl/α,β-unsaturated/α-hetero) is 1. The van der Waals surface area contributed by atoms with Gasteiger partial charge in [0.05, 0.1) is 18.7 Å². The standard InChI is InChI=1S/C28H38N2O5/c1-5-7-15-29(16-8-6-2)17-10-18-30-25(21-11-9-12-22(19-21)34-4)24(27(32)28(30)33)26(31)23-14-13-20(3)35-23/h9,11-14,19,25,32H,5-8,10,15-18H2,1-4H3/t25-/m0/s1. The van der Waals surface area contributed by atoms with Gasteiger partial charge >= 0.3 is 0 Å². The van der Waals surface area contributed by atoms with Crippen LogP contribution in [0.4, 0.5) is 0 Å². The average molecular weight is 483 g/mol. The first kappa shape index (κ1) is 26.5. The van der Waals surface area contributed by atoms with Gasteiger partial charge in [0.2, 0.25) is 5.78 Å². The minimum absolute atomic E-state index is 0.0476. The van der Waals surface area contributed by atoms with Crippen molar-refractivity contribution >= 4 is 11.7 Å². The van der Waals surface area contributed by atoms with E-state index >= 15 is 0 Å². The fourth-order valence-electron chi connectivity index (χ4n) is 4.53. The molecule has 1 N–H and O–H groups in total. The summed E-state index contributed by atoms with van der Waals surface area (Å²) in [7, 11) is 1.57. The fourth-order valence-corrected chi connectivity index (χ4v) is 4.53. The number of aliphatic hydroxyl groups is 1. The number of aliphatic hydroxyl groups excluding tert-OH is 1. The van der Waals surface area contributed by atoms with Crippen LogP contribution in [-0.2, 0) is 4.79 Å². The third-order valence-electron chi connectivity index (χ3n) is 6.45. The third kappa shape index (κ3) is 6.34. The molecule has 0 unspecified atom stereocenters. The number of hydrogen-bond acceptors (Lipinski definition) is 6. The Kier molecular flexibility index (Phi) is 9.55. The van der Waals surface area contributed by atoms with Crippen LogP contribution in [0.15, 0.2) is 52.1 Å². The number of carbonyl (C=O) groups is 2. The molecule has 0 spiro atoms. The number of furan rings is 1. The summed E-state index contributed by atoms with van der Waals surface area (Å²) >= 11 is 0. The zero-order chi connectivity index (χ0) is 25.4. The van der Waals surface area contributed by atoms with Crippen molar-refractivity contribution < 1.29 is 23.8 Å². The molecule has 7 heteroatoms. The van der Waals surface area contributed by atoms with Gasteiger partial charge in [-0.3, -0.25) is 9.59 Å². The molecule has 35 heavy (non-hydrogen) atoms. The first-order valence-corrected chi connectivity index (χ1v) is 12.6. The number of aryl methyl sites for hydroxylation is 1. The van der Waals surface area contributed by atoms with E-state index < -0.39 is 23.5 Å². The Morgan fingerprint density at radius 3 is 2.37 bits per heavy atom. The summed E-state index contributed by atoms with van der Waals surface area (Å²) in [6.07, 6.45) is 5.31. The smallest absolute Gasteiger partial charge is 0.290 e. The van der Waals surface area contributed by atoms with Crippen LogP contribution in [0.5, 0.6) is 5.75 Å². The number of amides is 1. The molecule has 1 aliphatic rings. The maximum atomic E-state index is 13.4. The summed E-state index contributed by atoms with van der Waals surface area (Å²) in [5.74, 6) is -0.202. The number of rotatable bonds is 14. The number of nitrogens with zero attached hydrogens (tertiary/aromatic N) is 2. The second-order valence-electron chi connectivity index (χ2n) is 9.08. The van der Waals surface area contributed by atoms with E-state index in [4.69, 9.17) is 9.15 Å². The van der Waals surface area contributed by atoms with Gasteiger partial charge in [-0.05, 0) is 75.6 Å². The number of hydrogen-bond donors (Lipinski definition) is 1. The summed E-state index contributed by atoms with van der Waals surface area (Å²) in [6, 6.07) is 9.84. The fraction of sp³-hybridized carbons (Fsp3) is 0.500. The second-order valence-corrected chi connectivity index (χ2v) is 9.08. The number of methoxy groups -OCH3 is 1. The van der Waals surface area contributed by atoms with Crippen LogP contribution in [0.25, 0.3) is 0 Å². The van der Waals surface area contributed by atoms with Crippen molar-refractivity contribution in [1.29, 1.82) is 0 Å². The predicted octanol–water partition coefficient (Wildman–Crippen LogP) is 5.47. The minimum Gasteiger partial charge on any atom is -0.503 e. The molecule has 0 saturated carbocycles. The van der Waals surface area contributed by atoms with Crippen molar-refractivity contribution in [2.75, 3.05) is 33.3 Å². The zero-order valence-electron chi connectivity index (χ0n) is 21.4. The molecule has 0 saturated heterocycles. The first-order chi connectivity index (χ1) is 16.9. The molecule has 190 valence electrons. The highest BCUT2D eigenvalue weighted by Crippen LogP contribution is 2.40. The Labute approximate surface area is 208 Å². The van der Waals surface area contributed by atoms with E-state index in [1.165, 1.54) is 0 Å². The lowest BCUT2D eigenvalue weighted by Gasteiger charge is -2.28. The quantitative estimate of drug-likeness (QED) is 0.360. The van der Waals surface area contributed by atoms with Gasteiger partial charge in [-0.2, -0.15) is 0 Å². The first-order valence-electron chi connectivity index (χ1n) is 12.6. The lowest BCUT2D eigenvalue weighted by atomic mass is 9.95. The van der Waals surface area contributed by atoms with E-state index in [0.29, 0.717) is 23.6 Å². The molecule has 2 heterocycles. The molecule has 1 aliphatic heterocycles. The van der Waals surface area contributed by atoms with Crippen molar-refractivity contribution in [1.82, 2.24) is 9.80 Å². The van der Waals surface area contributed by atoms with Crippen LogP contribution >= 0.6 is 0 Å². The monoisotopic (exact) mass is 482 g/mol. The Morgan fingerprint density at radius 1 is 1.09 bits per heavy atom. The van der Waals surface area contributed by atoms with Crippen molar-refractivity contribution in [3.8, 4) is 5.75 Å². The molecule has 0 bridgehead atoms. The van der Waals surface area contributed by atoms with Crippen molar-refractivity contribution in [3.63, 3.8) is 0 Å². The lowest BCUT2D eigenvalue weighted by Crippen LogP contribution is -2.35. The van der Waals surface area contributed by atoms with Crippen LogP contribution in [0.2, 0.25) is 0 Å². The normalized spacial score (nSPS) is 16.0. The number of ketones is 1.